The lowest BCUT2D eigenvalue weighted by atomic mass is 9.82. The highest BCUT2D eigenvalue weighted by molar-refractivity contribution is 7.89. The van der Waals surface area contributed by atoms with Gasteiger partial charge in [-0.25, -0.2) is 22.9 Å². The van der Waals surface area contributed by atoms with Crippen molar-refractivity contribution in [2.45, 2.75) is 63.3 Å². The molecule has 0 bridgehead atoms. The second kappa shape index (κ2) is 14.5. The van der Waals surface area contributed by atoms with Gasteiger partial charge in [0.25, 0.3) is 0 Å². The van der Waals surface area contributed by atoms with Gasteiger partial charge in [-0.1, -0.05) is 12.1 Å². The summed E-state index contributed by atoms with van der Waals surface area (Å²) in [5.74, 6) is 1.14. The minimum atomic E-state index is -4.85. The summed E-state index contributed by atoms with van der Waals surface area (Å²) in [6.07, 6.45) is -1.92. The van der Waals surface area contributed by atoms with Crippen molar-refractivity contribution in [2.75, 3.05) is 36.8 Å². The molecule has 0 spiro atoms. The number of nitrogens with one attached hydrogen (secondary N) is 4. The molecule has 3 aromatic rings. The number of hydrogen-bond acceptors (Lipinski definition) is 9. The van der Waals surface area contributed by atoms with Crippen molar-refractivity contribution >= 4 is 38.8 Å². The van der Waals surface area contributed by atoms with Crippen LogP contribution in [0.4, 0.5) is 29.7 Å². The van der Waals surface area contributed by atoms with Gasteiger partial charge >= 0.3 is 12.5 Å². The van der Waals surface area contributed by atoms with Crippen molar-refractivity contribution in [1.29, 1.82) is 0 Å². The van der Waals surface area contributed by atoms with Crippen LogP contribution in [0.5, 0.6) is 5.75 Å². The van der Waals surface area contributed by atoms with Gasteiger partial charge in [-0.15, -0.1) is 13.2 Å². The predicted octanol–water partition coefficient (Wildman–Crippen LogP) is 5.66. The zero-order chi connectivity index (χ0) is 32.7. The molecular weight excluding hydrogens is 613 g/mol. The average molecular weight is 653 g/mol. The first-order chi connectivity index (χ1) is 21.2. The number of aromatic nitrogens is 2. The highest BCUT2D eigenvalue weighted by Gasteiger charge is 2.31. The van der Waals surface area contributed by atoms with E-state index in [0.29, 0.717) is 37.3 Å². The van der Waals surface area contributed by atoms with E-state index in [0.717, 1.165) is 60.9 Å². The average Bonchev–Trinajstić information content (AvgIpc) is 2.96. The molecule has 4 rings (SSSR count). The maximum absolute atomic E-state index is 12.7. The Bertz CT molecular complexity index is 1540. The van der Waals surface area contributed by atoms with E-state index in [9.17, 15) is 26.4 Å². The number of carbonyl (C=O) groups is 1. The van der Waals surface area contributed by atoms with Crippen LogP contribution in [-0.4, -0.2) is 62.6 Å². The molecule has 1 aliphatic carbocycles. The van der Waals surface area contributed by atoms with E-state index in [4.69, 9.17) is 4.74 Å². The molecule has 2 aromatic carbocycles. The maximum atomic E-state index is 12.7. The van der Waals surface area contributed by atoms with E-state index in [1.807, 2.05) is 24.3 Å². The third kappa shape index (κ3) is 10.9. The van der Waals surface area contributed by atoms with Gasteiger partial charge in [0, 0.05) is 31.6 Å². The van der Waals surface area contributed by atoms with E-state index >= 15 is 0 Å². The lowest BCUT2D eigenvalue weighted by Gasteiger charge is -2.28. The van der Waals surface area contributed by atoms with Crippen LogP contribution in [0.2, 0.25) is 0 Å². The Morgan fingerprint density at radius 2 is 1.53 bits per heavy atom. The zero-order valence-electron chi connectivity index (χ0n) is 25.4. The normalized spacial score (nSPS) is 17.5. The fourth-order valence-corrected chi connectivity index (χ4v) is 6.07. The van der Waals surface area contributed by atoms with Crippen LogP contribution >= 0.6 is 0 Å². The Hall–Kier alpha value is -3.85. The number of anilines is 2. The number of carbonyl (C=O) groups excluding carboxylic acids is 1. The van der Waals surface area contributed by atoms with E-state index < -0.39 is 33.8 Å². The molecule has 11 nitrogen and oxygen atoms in total. The van der Waals surface area contributed by atoms with E-state index in [2.05, 4.69) is 35.4 Å². The number of benzene rings is 2. The minimum Gasteiger partial charge on any atom is -0.444 e. The van der Waals surface area contributed by atoms with Gasteiger partial charge in [-0.05, 0) is 94.7 Å². The molecule has 1 heterocycles. The summed E-state index contributed by atoms with van der Waals surface area (Å²) in [7, 11) is -3.87. The van der Waals surface area contributed by atoms with Gasteiger partial charge < -0.3 is 25.4 Å². The van der Waals surface area contributed by atoms with E-state index in [1.54, 1.807) is 20.8 Å². The number of halogens is 3. The summed E-state index contributed by atoms with van der Waals surface area (Å²) < 4.78 is 74.0. The number of sulfonamides is 1. The first-order valence-electron chi connectivity index (χ1n) is 14.7. The molecule has 0 saturated heterocycles. The molecule has 0 unspecified atom stereocenters. The highest BCUT2D eigenvalue weighted by Crippen LogP contribution is 2.30. The third-order valence-corrected chi connectivity index (χ3v) is 8.57. The number of nitrogens with zero attached hydrogens (tertiary/aromatic N) is 2. The molecule has 1 aliphatic rings. The molecule has 15 heteroatoms. The SMILES string of the molecule is CC(C)(C)OC(=O)NCCNc1nc(NCC2CCC(CNS(=O)(=O)c3ccc(OC(F)(F)F)cc3)CC2)nc2ccccc12. The number of alkyl carbamates (subject to hydrolysis) is 1. The molecular formula is C30H39F3N6O5S. The van der Waals surface area contributed by atoms with Crippen LogP contribution in [0.25, 0.3) is 10.9 Å². The summed E-state index contributed by atoms with van der Waals surface area (Å²) >= 11 is 0. The summed E-state index contributed by atoms with van der Waals surface area (Å²) in [6.45, 7) is 7.09. The van der Waals surface area contributed by atoms with Crippen molar-refractivity contribution in [3.05, 3.63) is 48.5 Å². The first-order valence-corrected chi connectivity index (χ1v) is 16.2. The molecule has 45 heavy (non-hydrogen) atoms. The van der Waals surface area contributed by atoms with Gasteiger partial charge in [0.1, 0.15) is 17.2 Å². The molecule has 1 saturated carbocycles. The molecule has 4 N–H and O–H groups in total. The van der Waals surface area contributed by atoms with Crippen LogP contribution < -0.4 is 25.4 Å². The smallest absolute Gasteiger partial charge is 0.444 e. The second-order valence-electron chi connectivity index (χ2n) is 11.9. The summed E-state index contributed by atoms with van der Waals surface area (Å²) in [6, 6.07) is 11.8. The van der Waals surface area contributed by atoms with Gasteiger partial charge in [-0.3, -0.25) is 0 Å². The number of ether oxygens (including phenoxy) is 2. The van der Waals surface area contributed by atoms with Crippen molar-refractivity contribution in [2.24, 2.45) is 11.8 Å². The van der Waals surface area contributed by atoms with Gasteiger partial charge in [0.05, 0.1) is 10.4 Å². The molecule has 1 aromatic heterocycles. The van der Waals surface area contributed by atoms with Crippen LogP contribution in [-0.2, 0) is 14.8 Å². The number of alkyl halides is 3. The van der Waals surface area contributed by atoms with Crippen LogP contribution in [0, 0.1) is 11.8 Å². The van der Waals surface area contributed by atoms with Gasteiger partial charge in [-0.2, -0.15) is 4.98 Å². The van der Waals surface area contributed by atoms with Gasteiger partial charge in [0.2, 0.25) is 16.0 Å². The molecule has 1 amide bonds. The predicted molar refractivity (Wildman–Crippen MR) is 165 cm³/mol. The van der Waals surface area contributed by atoms with Crippen LogP contribution in [0.3, 0.4) is 0 Å². The lowest BCUT2D eigenvalue weighted by Crippen LogP contribution is -2.35. The largest absolute Gasteiger partial charge is 0.573 e. The van der Waals surface area contributed by atoms with Gasteiger partial charge in [0.15, 0.2) is 0 Å². The third-order valence-electron chi connectivity index (χ3n) is 7.13. The van der Waals surface area contributed by atoms with Crippen molar-refractivity contribution < 1.29 is 35.9 Å². The number of para-hydroxylation sites is 1. The molecule has 1 fully saturated rings. The Morgan fingerprint density at radius 3 is 2.18 bits per heavy atom. The fraction of sp³-hybridized carbons (Fsp3) is 0.500. The molecule has 0 atom stereocenters. The summed E-state index contributed by atoms with van der Waals surface area (Å²) in [5, 5.41) is 10.2. The first kappa shape index (κ1) is 34.0. The number of hydrogen-bond donors (Lipinski definition) is 4. The zero-order valence-corrected chi connectivity index (χ0v) is 26.2. The van der Waals surface area contributed by atoms with Crippen LogP contribution in [0.15, 0.2) is 53.4 Å². The van der Waals surface area contributed by atoms with Crippen LogP contribution in [0.1, 0.15) is 46.5 Å². The number of rotatable bonds is 12. The van der Waals surface area contributed by atoms with Crippen molar-refractivity contribution in [1.82, 2.24) is 20.0 Å². The summed E-state index contributed by atoms with van der Waals surface area (Å²) in [5.41, 5.74) is 0.199. The highest BCUT2D eigenvalue weighted by atomic mass is 32.2. The minimum absolute atomic E-state index is 0.126. The maximum Gasteiger partial charge on any atom is 0.573 e. The quantitative estimate of drug-likeness (QED) is 0.182. The molecule has 0 radical (unpaired) electrons. The Kier molecular flexibility index (Phi) is 11.0. The monoisotopic (exact) mass is 652 g/mol. The van der Waals surface area contributed by atoms with E-state index in [1.165, 1.54) is 0 Å². The Labute approximate surface area is 260 Å². The molecule has 246 valence electrons. The Morgan fingerprint density at radius 1 is 0.889 bits per heavy atom. The topological polar surface area (TPSA) is 144 Å². The number of amides is 1. The standard InChI is InChI=1S/C30H39F3N6O5S/c1-29(2,3)44-28(40)35-17-16-34-26-24-6-4-5-7-25(24)38-27(39-26)36-18-20-8-10-21(11-9-20)19-37-45(41,42)23-14-12-22(13-15-23)43-30(31,32)33/h4-7,12-15,20-21,37H,8-11,16-19H2,1-3H3,(H,35,40)(H2,34,36,38,39). The van der Waals surface area contributed by atoms with Crippen molar-refractivity contribution in [3.8, 4) is 5.75 Å². The van der Waals surface area contributed by atoms with Crippen molar-refractivity contribution in [3.63, 3.8) is 0 Å². The van der Waals surface area contributed by atoms with E-state index in [-0.39, 0.29) is 17.4 Å². The second-order valence-corrected chi connectivity index (χ2v) is 13.7. The Balaban J connectivity index is 1.24. The number of fused-ring (bicyclic) bond motifs is 1. The fourth-order valence-electron chi connectivity index (χ4n) is 4.96. The molecule has 0 aliphatic heterocycles. The lowest BCUT2D eigenvalue weighted by molar-refractivity contribution is -0.274. The summed E-state index contributed by atoms with van der Waals surface area (Å²) in [4.78, 5) is 21.1.